The van der Waals surface area contributed by atoms with Crippen LogP contribution in [0.2, 0.25) is 0 Å². The number of amides is 1. The molecule has 10 heteroatoms. The van der Waals surface area contributed by atoms with Crippen LogP contribution in [0.1, 0.15) is 17.3 Å². The van der Waals surface area contributed by atoms with Crippen LogP contribution in [0.15, 0.2) is 45.9 Å². The number of sulfonamides is 1. The zero-order valence-corrected chi connectivity index (χ0v) is 15.1. The highest BCUT2D eigenvalue weighted by atomic mass is 32.2. The summed E-state index contributed by atoms with van der Waals surface area (Å²) in [4.78, 5) is 12.1. The van der Waals surface area contributed by atoms with Gasteiger partial charge in [0.2, 0.25) is 0 Å². The molecule has 8 nitrogen and oxygen atoms in total. The quantitative estimate of drug-likeness (QED) is 0.859. The summed E-state index contributed by atoms with van der Waals surface area (Å²) in [6.07, 6.45) is 5.28. The minimum atomic E-state index is -3.90. The Hall–Kier alpha value is -2.20. The van der Waals surface area contributed by atoms with Crippen LogP contribution in [0.25, 0.3) is 0 Å². The SMILES string of the molecule is CCn1cc(S(=O)(=O)Nc2ccccc2C(=O)N=S(C)(C)=O)cn1. The number of nitrogens with zero attached hydrogens (tertiary/aromatic N) is 3. The average molecular weight is 370 g/mol. The van der Waals surface area contributed by atoms with E-state index in [2.05, 4.69) is 14.2 Å². The Balaban J connectivity index is 2.40. The van der Waals surface area contributed by atoms with Crippen molar-refractivity contribution in [2.24, 2.45) is 4.36 Å². The van der Waals surface area contributed by atoms with Crippen LogP contribution >= 0.6 is 0 Å². The Morgan fingerprint density at radius 1 is 1.25 bits per heavy atom. The van der Waals surface area contributed by atoms with Crippen molar-refractivity contribution in [3.63, 3.8) is 0 Å². The van der Waals surface area contributed by atoms with E-state index in [4.69, 9.17) is 0 Å². The fraction of sp³-hybridized carbons (Fsp3) is 0.286. The molecule has 1 aromatic carbocycles. The summed E-state index contributed by atoms with van der Waals surface area (Å²) < 4.78 is 44.0. The third-order valence-electron chi connectivity index (χ3n) is 2.95. The van der Waals surface area contributed by atoms with Crippen LogP contribution < -0.4 is 4.72 Å². The summed E-state index contributed by atoms with van der Waals surface area (Å²) in [6.45, 7) is 2.37. The van der Waals surface area contributed by atoms with Crippen LogP contribution in [0.3, 0.4) is 0 Å². The van der Waals surface area contributed by atoms with Gasteiger partial charge in [-0.05, 0) is 19.1 Å². The number of carbonyl (C=O) groups excluding carboxylic acids is 1. The lowest BCUT2D eigenvalue weighted by Gasteiger charge is -2.09. The topological polar surface area (TPSA) is 110 Å². The Morgan fingerprint density at radius 3 is 2.50 bits per heavy atom. The van der Waals surface area contributed by atoms with E-state index in [1.165, 1.54) is 41.7 Å². The molecule has 0 saturated heterocycles. The van der Waals surface area contributed by atoms with Crippen molar-refractivity contribution >= 4 is 31.3 Å². The lowest BCUT2D eigenvalue weighted by atomic mass is 10.2. The first-order chi connectivity index (χ1) is 11.1. The van der Waals surface area contributed by atoms with Gasteiger partial charge in [-0.3, -0.25) is 14.2 Å². The molecule has 0 aliphatic rings. The normalized spacial score (nSPS) is 12.0. The summed E-state index contributed by atoms with van der Waals surface area (Å²) in [5, 5.41) is 3.92. The maximum atomic E-state index is 12.4. The maximum Gasteiger partial charge on any atom is 0.287 e. The van der Waals surface area contributed by atoms with Gasteiger partial charge in [-0.15, -0.1) is 0 Å². The standard InChI is InChI=1S/C14H18N4O4S2/c1-4-18-10-11(9-15-18)24(21,22)16-13-8-6-5-7-12(13)14(19)17-23(2,3)20/h5-10,16H,4H2,1-3H3. The number of hydrogen-bond donors (Lipinski definition) is 1. The van der Waals surface area contributed by atoms with E-state index in [1.54, 1.807) is 12.1 Å². The van der Waals surface area contributed by atoms with Gasteiger partial charge < -0.3 is 0 Å². The molecule has 2 rings (SSSR count). The molecule has 130 valence electrons. The van der Waals surface area contributed by atoms with Gasteiger partial charge in [-0.2, -0.15) is 9.46 Å². The smallest absolute Gasteiger partial charge is 0.279 e. The Labute approximate surface area is 141 Å². The molecular weight excluding hydrogens is 352 g/mol. The number of carbonyl (C=O) groups is 1. The highest BCUT2D eigenvalue weighted by Crippen LogP contribution is 2.21. The molecular formula is C14H18N4O4S2. The maximum absolute atomic E-state index is 12.4. The summed E-state index contributed by atoms with van der Waals surface area (Å²) in [5.74, 6) is -0.743. The molecule has 0 spiro atoms. The zero-order valence-electron chi connectivity index (χ0n) is 13.5. The van der Waals surface area contributed by atoms with Crippen LogP contribution in [0.4, 0.5) is 5.69 Å². The monoisotopic (exact) mass is 370 g/mol. The van der Waals surface area contributed by atoms with Gasteiger partial charge in [0, 0.05) is 35.0 Å². The van der Waals surface area contributed by atoms with Crippen molar-refractivity contribution in [2.75, 3.05) is 17.2 Å². The summed E-state index contributed by atoms with van der Waals surface area (Å²) >= 11 is 0. The van der Waals surface area contributed by atoms with Gasteiger partial charge in [0.05, 0.1) is 17.4 Å². The molecule has 1 amide bonds. The summed E-state index contributed by atoms with van der Waals surface area (Å²) in [6, 6.07) is 6.02. The number of para-hydroxylation sites is 1. The number of hydrogen-bond acceptors (Lipinski definition) is 5. The van der Waals surface area contributed by atoms with E-state index in [9.17, 15) is 17.4 Å². The molecule has 1 heterocycles. The minimum Gasteiger partial charge on any atom is -0.279 e. The van der Waals surface area contributed by atoms with Crippen molar-refractivity contribution < 1.29 is 17.4 Å². The summed E-state index contributed by atoms with van der Waals surface area (Å²) in [7, 11) is -6.55. The first-order valence-electron chi connectivity index (χ1n) is 6.98. The largest absolute Gasteiger partial charge is 0.287 e. The van der Waals surface area contributed by atoms with E-state index >= 15 is 0 Å². The Bertz CT molecular complexity index is 978. The molecule has 0 aliphatic carbocycles. The van der Waals surface area contributed by atoms with Crippen molar-refractivity contribution in [3.05, 3.63) is 42.2 Å². The molecule has 1 aromatic heterocycles. The molecule has 1 N–H and O–H groups in total. The van der Waals surface area contributed by atoms with Crippen molar-refractivity contribution in [1.82, 2.24) is 9.78 Å². The first kappa shape index (κ1) is 18.1. The molecule has 0 atom stereocenters. The average Bonchev–Trinajstić information content (AvgIpc) is 2.95. The van der Waals surface area contributed by atoms with Gasteiger partial charge in [0.15, 0.2) is 0 Å². The molecule has 24 heavy (non-hydrogen) atoms. The van der Waals surface area contributed by atoms with E-state index in [0.29, 0.717) is 6.54 Å². The second-order valence-electron chi connectivity index (χ2n) is 5.26. The molecule has 0 aliphatic heterocycles. The first-order valence-corrected chi connectivity index (χ1v) is 10.8. The number of nitrogens with one attached hydrogen (secondary N) is 1. The second kappa shape index (κ2) is 6.73. The zero-order chi connectivity index (χ0) is 18.0. The number of rotatable bonds is 5. The van der Waals surface area contributed by atoms with Gasteiger partial charge in [-0.25, -0.2) is 12.6 Å². The molecule has 0 radical (unpaired) electrons. The van der Waals surface area contributed by atoms with Crippen LogP contribution in [-0.2, 0) is 26.3 Å². The molecule has 0 saturated carbocycles. The molecule has 0 fully saturated rings. The predicted octanol–water partition coefficient (Wildman–Crippen LogP) is 1.57. The van der Waals surface area contributed by atoms with Crippen molar-refractivity contribution in [2.45, 2.75) is 18.4 Å². The van der Waals surface area contributed by atoms with Gasteiger partial charge in [0.1, 0.15) is 4.90 Å². The molecule has 0 bridgehead atoms. The van der Waals surface area contributed by atoms with Gasteiger partial charge >= 0.3 is 0 Å². The lowest BCUT2D eigenvalue weighted by molar-refractivity contribution is 0.101. The highest BCUT2D eigenvalue weighted by molar-refractivity contribution is 7.93. The van der Waals surface area contributed by atoms with E-state index in [-0.39, 0.29) is 16.1 Å². The van der Waals surface area contributed by atoms with Crippen molar-refractivity contribution in [1.29, 1.82) is 0 Å². The Kier molecular flexibility index (Phi) is 5.09. The number of benzene rings is 1. The van der Waals surface area contributed by atoms with Crippen LogP contribution in [0.5, 0.6) is 0 Å². The second-order valence-corrected chi connectivity index (χ2v) is 9.49. The number of anilines is 1. The van der Waals surface area contributed by atoms with Gasteiger partial charge in [-0.1, -0.05) is 12.1 Å². The van der Waals surface area contributed by atoms with Crippen LogP contribution in [-0.4, -0.2) is 40.8 Å². The number of aryl methyl sites for hydroxylation is 1. The van der Waals surface area contributed by atoms with Crippen molar-refractivity contribution in [3.8, 4) is 0 Å². The fourth-order valence-electron chi connectivity index (χ4n) is 1.87. The van der Waals surface area contributed by atoms with E-state index in [0.717, 1.165) is 0 Å². The van der Waals surface area contributed by atoms with Crippen LogP contribution in [0, 0.1) is 0 Å². The lowest BCUT2D eigenvalue weighted by Crippen LogP contribution is -2.15. The summed E-state index contributed by atoms with van der Waals surface area (Å²) in [5.41, 5.74) is 0.0968. The Morgan fingerprint density at radius 2 is 1.92 bits per heavy atom. The third-order valence-corrected chi connectivity index (χ3v) is 4.87. The predicted molar refractivity (Wildman–Crippen MR) is 91.9 cm³/mol. The van der Waals surface area contributed by atoms with E-state index < -0.39 is 25.7 Å². The van der Waals surface area contributed by atoms with Gasteiger partial charge in [0.25, 0.3) is 15.9 Å². The fourth-order valence-corrected chi connectivity index (χ4v) is 3.40. The highest BCUT2D eigenvalue weighted by Gasteiger charge is 2.20. The molecule has 0 unspecified atom stereocenters. The van der Waals surface area contributed by atoms with E-state index in [1.807, 2.05) is 6.92 Å². The minimum absolute atomic E-state index is 0.0154. The number of aromatic nitrogens is 2. The third kappa shape index (κ3) is 4.42. The molecule has 2 aromatic rings.